The summed E-state index contributed by atoms with van der Waals surface area (Å²) in [5, 5.41) is 0. The van der Waals surface area contributed by atoms with E-state index in [1.807, 2.05) is 46.6 Å². The number of amides is 1. The van der Waals surface area contributed by atoms with Crippen LogP contribution in [-0.4, -0.2) is 70.0 Å². The number of hydrogen-bond donors (Lipinski definition) is 1. The second-order valence-electron chi connectivity index (χ2n) is 10.0. The molecule has 1 amide bonds. The third-order valence-corrected chi connectivity index (χ3v) is 7.79. The number of imidazole rings is 1. The van der Waals surface area contributed by atoms with E-state index in [0.717, 1.165) is 36.3 Å². The summed E-state index contributed by atoms with van der Waals surface area (Å²) in [5.74, 6) is 1.14. The summed E-state index contributed by atoms with van der Waals surface area (Å²) >= 11 is 0. The van der Waals surface area contributed by atoms with Crippen LogP contribution in [0.2, 0.25) is 0 Å². The van der Waals surface area contributed by atoms with Gasteiger partial charge in [0.05, 0.1) is 23.3 Å². The molecule has 2 aromatic heterocycles. The van der Waals surface area contributed by atoms with Crippen molar-refractivity contribution in [2.45, 2.75) is 31.7 Å². The van der Waals surface area contributed by atoms with Gasteiger partial charge in [-0.2, -0.15) is 0 Å². The largest absolute Gasteiger partial charge is 0.381 e. The Bertz CT molecular complexity index is 1490. The van der Waals surface area contributed by atoms with Crippen molar-refractivity contribution < 1.29 is 9.53 Å². The van der Waals surface area contributed by atoms with E-state index in [0.29, 0.717) is 42.9 Å². The molecule has 2 fully saturated rings. The van der Waals surface area contributed by atoms with Gasteiger partial charge in [0, 0.05) is 44.3 Å². The number of nitrogens with one attached hydrogen (secondary N) is 1. The number of benzene rings is 2. The van der Waals surface area contributed by atoms with Crippen LogP contribution in [0.5, 0.6) is 0 Å². The number of rotatable bonds is 3. The fraction of sp³-hybridized carbons (Fsp3) is 0.393. The fourth-order valence-electron chi connectivity index (χ4n) is 5.68. The van der Waals surface area contributed by atoms with Crippen LogP contribution >= 0.6 is 0 Å². The molecule has 1 unspecified atom stereocenters. The number of carbonyl (C=O) groups is 1. The van der Waals surface area contributed by atoms with E-state index in [4.69, 9.17) is 4.74 Å². The van der Waals surface area contributed by atoms with Crippen molar-refractivity contribution in [3.05, 3.63) is 81.5 Å². The molecule has 1 atom stereocenters. The summed E-state index contributed by atoms with van der Waals surface area (Å²) in [6.07, 6.45) is 3.43. The normalized spacial score (nSPS) is 19.8. The summed E-state index contributed by atoms with van der Waals surface area (Å²) in [5.41, 5.74) is 4.59. The maximum atomic E-state index is 13.7. The first-order chi connectivity index (χ1) is 17.5. The molecule has 6 rings (SSSR count). The van der Waals surface area contributed by atoms with Crippen molar-refractivity contribution in [1.82, 2.24) is 24.2 Å². The number of hydrogen-bond acceptors (Lipinski definition) is 5. The number of aryl methyl sites for hydroxylation is 1. The minimum atomic E-state index is -0.195. The first-order valence-electron chi connectivity index (χ1n) is 12.7. The number of carbonyl (C=O) groups excluding carboxylic acids is 1. The lowest BCUT2D eigenvalue weighted by molar-refractivity contribution is 0.0545. The molecule has 0 aliphatic carbocycles. The monoisotopic (exact) mass is 485 g/mol. The van der Waals surface area contributed by atoms with Crippen LogP contribution in [0.1, 0.15) is 52.1 Å². The Kier molecular flexibility index (Phi) is 5.85. The molecule has 0 saturated carbocycles. The van der Waals surface area contributed by atoms with Gasteiger partial charge in [0.1, 0.15) is 11.3 Å². The van der Waals surface area contributed by atoms with Crippen LogP contribution < -0.4 is 5.56 Å². The van der Waals surface area contributed by atoms with Gasteiger partial charge in [-0.1, -0.05) is 30.3 Å². The number of nitrogens with zero attached hydrogens (tertiary/aromatic N) is 4. The molecular formula is C28H31N5O3. The van der Waals surface area contributed by atoms with Crippen LogP contribution in [0.3, 0.4) is 0 Å². The second-order valence-corrected chi connectivity index (χ2v) is 10.0. The number of aromatic amines is 1. The van der Waals surface area contributed by atoms with E-state index in [1.165, 1.54) is 5.56 Å². The molecule has 4 aromatic rings. The summed E-state index contributed by atoms with van der Waals surface area (Å²) in [7, 11) is 2.11. The highest BCUT2D eigenvalue weighted by Gasteiger charge is 2.30. The molecule has 2 aliphatic heterocycles. The van der Waals surface area contributed by atoms with E-state index in [2.05, 4.69) is 34.0 Å². The molecule has 2 aromatic carbocycles. The topological polar surface area (TPSA) is 82.9 Å². The second kappa shape index (κ2) is 9.19. The quantitative estimate of drug-likeness (QED) is 0.480. The lowest BCUT2D eigenvalue weighted by Gasteiger charge is -2.40. The number of fused-ring (bicyclic) bond motifs is 3. The molecule has 0 radical (unpaired) electrons. The average molecular weight is 486 g/mol. The number of ether oxygens (including phenoxy) is 1. The first-order valence-corrected chi connectivity index (χ1v) is 12.7. The number of likely N-dealkylation sites (N-methyl/N-ethyl adjacent to an activating group) is 1. The molecule has 2 saturated heterocycles. The van der Waals surface area contributed by atoms with E-state index in [1.54, 1.807) is 6.20 Å². The predicted molar refractivity (Wildman–Crippen MR) is 139 cm³/mol. The van der Waals surface area contributed by atoms with Gasteiger partial charge in [0.25, 0.3) is 11.5 Å². The molecule has 2 aliphatic rings. The summed E-state index contributed by atoms with van der Waals surface area (Å²) < 4.78 is 7.51. The SMILES string of the molecule is Cc1cc2c(cc1C(=O)N1CCN(C)C(c3ccccc3)C1)[nH]c(=O)c1cnc(C3CCOCC3)n12. The Morgan fingerprint density at radius 2 is 1.86 bits per heavy atom. The highest BCUT2D eigenvalue weighted by molar-refractivity contribution is 5.99. The van der Waals surface area contributed by atoms with Crippen LogP contribution in [0, 0.1) is 6.92 Å². The van der Waals surface area contributed by atoms with Crippen LogP contribution in [0.15, 0.2) is 53.5 Å². The maximum Gasteiger partial charge on any atom is 0.274 e. The predicted octanol–water partition coefficient (Wildman–Crippen LogP) is 3.51. The van der Waals surface area contributed by atoms with Crippen molar-refractivity contribution in [2.75, 3.05) is 39.9 Å². The molecule has 186 valence electrons. The third kappa shape index (κ3) is 3.90. The van der Waals surface area contributed by atoms with Gasteiger partial charge >= 0.3 is 0 Å². The van der Waals surface area contributed by atoms with Crippen molar-refractivity contribution in [3.63, 3.8) is 0 Å². The van der Waals surface area contributed by atoms with Gasteiger partial charge in [-0.3, -0.25) is 18.9 Å². The Morgan fingerprint density at radius 3 is 2.64 bits per heavy atom. The molecule has 8 heteroatoms. The average Bonchev–Trinajstić information content (AvgIpc) is 3.36. The highest BCUT2D eigenvalue weighted by Crippen LogP contribution is 2.30. The van der Waals surface area contributed by atoms with Gasteiger partial charge in [-0.25, -0.2) is 4.98 Å². The maximum absolute atomic E-state index is 13.7. The zero-order valence-electron chi connectivity index (χ0n) is 20.7. The van der Waals surface area contributed by atoms with Gasteiger partial charge in [-0.15, -0.1) is 0 Å². The molecule has 1 N–H and O–H groups in total. The Morgan fingerprint density at radius 1 is 1.08 bits per heavy atom. The van der Waals surface area contributed by atoms with E-state index in [9.17, 15) is 9.59 Å². The van der Waals surface area contributed by atoms with Crippen LogP contribution in [-0.2, 0) is 4.74 Å². The Labute approximate surface area is 209 Å². The summed E-state index contributed by atoms with van der Waals surface area (Å²) in [6.45, 7) is 5.47. The van der Waals surface area contributed by atoms with Gasteiger partial charge in [0.15, 0.2) is 0 Å². The minimum absolute atomic E-state index is 0.000314. The zero-order valence-corrected chi connectivity index (χ0v) is 20.7. The third-order valence-electron chi connectivity index (χ3n) is 7.79. The molecule has 0 bridgehead atoms. The van der Waals surface area contributed by atoms with Gasteiger partial charge in [-0.05, 0) is 50.1 Å². The smallest absolute Gasteiger partial charge is 0.274 e. The number of H-pyrrole nitrogens is 1. The molecular weight excluding hydrogens is 454 g/mol. The Hall–Kier alpha value is -3.49. The first kappa shape index (κ1) is 22.9. The molecule has 8 nitrogen and oxygen atoms in total. The standard InChI is InChI=1S/C28H31N5O3/c1-18-14-23-22(30-27(34)24-16-29-26(33(23)24)20-8-12-36-13-9-20)15-21(18)28(35)32-11-10-31(2)25(17-32)19-6-4-3-5-7-19/h3-7,14-16,20,25H,8-13,17H2,1-2H3,(H,30,34). The van der Waals surface area contributed by atoms with Crippen molar-refractivity contribution in [1.29, 1.82) is 0 Å². The lowest BCUT2D eigenvalue weighted by Crippen LogP contribution is -2.49. The van der Waals surface area contributed by atoms with E-state index >= 15 is 0 Å². The zero-order chi connectivity index (χ0) is 24.8. The fourth-order valence-corrected chi connectivity index (χ4v) is 5.68. The Balaban J connectivity index is 1.38. The summed E-state index contributed by atoms with van der Waals surface area (Å²) in [4.78, 5) is 38.6. The van der Waals surface area contributed by atoms with Crippen molar-refractivity contribution in [2.24, 2.45) is 0 Å². The van der Waals surface area contributed by atoms with Crippen molar-refractivity contribution >= 4 is 22.5 Å². The molecule has 36 heavy (non-hydrogen) atoms. The van der Waals surface area contributed by atoms with E-state index in [-0.39, 0.29) is 23.4 Å². The highest BCUT2D eigenvalue weighted by atomic mass is 16.5. The molecule has 4 heterocycles. The van der Waals surface area contributed by atoms with Crippen LogP contribution in [0.25, 0.3) is 16.6 Å². The van der Waals surface area contributed by atoms with Crippen molar-refractivity contribution in [3.8, 4) is 0 Å². The van der Waals surface area contributed by atoms with Crippen LogP contribution in [0.4, 0.5) is 0 Å². The number of aromatic nitrogens is 3. The summed E-state index contributed by atoms with van der Waals surface area (Å²) in [6, 6.07) is 14.3. The van der Waals surface area contributed by atoms with Gasteiger partial charge in [0.2, 0.25) is 0 Å². The molecule has 0 spiro atoms. The van der Waals surface area contributed by atoms with E-state index < -0.39 is 0 Å². The lowest BCUT2D eigenvalue weighted by atomic mass is 9.99. The minimum Gasteiger partial charge on any atom is -0.381 e. The number of piperazine rings is 1. The van der Waals surface area contributed by atoms with Gasteiger partial charge < -0.3 is 14.6 Å².